The van der Waals surface area contributed by atoms with Gasteiger partial charge in [0.1, 0.15) is 0 Å². The molecule has 25 heteroatoms. The third-order valence-corrected chi connectivity index (χ3v) is 7.47. The molecule has 0 unspecified atom stereocenters. The number of carbonyl (C=O) groups is 6. The van der Waals surface area contributed by atoms with Gasteiger partial charge < -0.3 is 91.6 Å². The zero-order chi connectivity index (χ0) is 44.0. The summed E-state index contributed by atoms with van der Waals surface area (Å²) in [6.07, 6.45) is 23.2. The molecule has 0 aliphatic rings. The van der Waals surface area contributed by atoms with Crippen molar-refractivity contribution in [3.63, 3.8) is 0 Å². The van der Waals surface area contributed by atoms with E-state index in [4.69, 9.17) is 17.2 Å². The van der Waals surface area contributed by atoms with Gasteiger partial charge in [-0.05, 0) is 91.7 Å². The van der Waals surface area contributed by atoms with Crippen molar-refractivity contribution in [3.05, 3.63) is 72.9 Å². The fourth-order valence-corrected chi connectivity index (χ4v) is 4.11. The molecule has 0 aliphatic carbocycles. The number of carbonyl (C=O) groups excluding carboxylic acids is 6. The number of nitrogens with one attached hydrogen (secondary N) is 3. The molecule has 0 radical (unpaired) electrons. The first kappa shape index (κ1) is 60.0. The first-order chi connectivity index (χ1) is 26.9. The second kappa shape index (κ2) is 40.5. The van der Waals surface area contributed by atoms with Crippen molar-refractivity contribution in [1.29, 1.82) is 0 Å². The Morgan fingerprint density at radius 1 is 0.534 bits per heavy atom. The van der Waals surface area contributed by atoms with Crippen LogP contribution < -0.4 is 47.8 Å². The summed E-state index contributed by atoms with van der Waals surface area (Å²) in [4.78, 5) is 78.8. The van der Waals surface area contributed by atoms with Crippen LogP contribution in [0.4, 0.5) is 0 Å². The number of aliphatic carboxylic acids is 6. The Labute approximate surface area is 361 Å². The Morgan fingerprint density at radius 2 is 0.759 bits per heavy atom. The molecule has 3 heterocycles. The molecule has 58 heavy (non-hydrogen) atoms. The van der Waals surface area contributed by atoms with E-state index in [0.29, 0.717) is 36.3 Å². The maximum Gasteiger partial charge on any atom is 6.00 e. The molecule has 0 amide bonds. The van der Waals surface area contributed by atoms with E-state index in [-0.39, 0.29) is 21.1 Å². The minimum Gasteiger partial charge on any atom is -0.548 e. The monoisotopic (exact) mass is 953 g/mol. The van der Waals surface area contributed by atoms with Crippen LogP contribution in [0.25, 0.3) is 18.2 Å². The van der Waals surface area contributed by atoms with Crippen molar-refractivity contribution >= 4 is 89.3 Å². The third kappa shape index (κ3) is 42.4. The number of imidazole rings is 3. The van der Waals surface area contributed by atoms with E-state index in [1.807, 2.05) is 18.8 Å². The van der Waals surface area contributed by atoms with Gasteiger partial charge in [-0.3, -0.25) is 0 Å². The molecule has 0 fully saturated rings. The van der Waals surface area contributed by atoms with Gasteiger partial charge in [0.2, 0.25) is 0 Å². The van der Waals surface area contributed by atoms with E-state index in [0.717, 1.165) is 35.5 Å². The molecule has 9 N–H and O–H groups in total. The fourth-order valence-electron chi connectivity index (χ4n) is 2.64. The summed E-state index contributed by atoms with van der Waals surface area (Å²) in [6, 6.07) is -2.38. The van der Waals surface area contributed by atoms with Crippen molar-refractivity contribution in [3.8, 4) is 0 Å². The Kier molecular flexibility index (Phi) is 41.9. The van der Waals surface area contributed by atoms with Crippen LogP contribution in [-0.2, 0) is 49.8 Å². The van der Waals surface area contributed by atoms with E-state index < -0.39 is 53.9 Å². The first-order valence-electron chi connectivity index (χ1n) is 15.9. The third-order valence-electron chi connectivity index (χ3n) is 5.54. The molecule has 0 aromatic carbocycles. The minimum absolute atomic E-state index is 0. The van der Waals surface area contributed by atoms with Crippen LogP contribution in [0.1, 0.15) is 36.3 Å². The van der Waals surface area contributed by atoms with Gasteiger partial charge in [0.05, 0.1) is 71.9 Å². The maximum atomic E-state index is 9.96. The van der Waals surface area contributed by atoms with Crippen LogP contribution in [-0.4, -0.2) is 120 Å². The molecule has 3 rings (SSSR count). The van der Waals surface area contributed by atoms with Gasteiger partial charge in [-0.2, -0.15) is 35.3 Å². The Morgan fingerprint density at radius 3 is 0.897 bits per heavy atom. The molecule has 0 spiro atoms. The van der Waals surface area contributed by atoms with Gasteiger partial charge >= 0.3 is 21.1 Å². The zero-order valence-corrected chi connectivity index (χ0v) is 36.0. The van der Waals surface area contributed by atoms with Crippen molar-refractivity contribution in [1.82, 2.24) is 29.9 Å². The SMILES string of the molecule is CSCC[C@H](N)C(=O)[O-].CSCC[C@H](N)C(=O)[O-].CSCC[C@H](N)C(=O)[O-].O=C([O-])C=Cc1c[nH]cn1.O=C([O-])C=Cc1c[nH]cn1.O=C([O-])C=Cc1c[nH]cn1.[Mo+6]. The number of hydrogen-bond donors (Lipinski definition) is 6. The second-order valence-electron chi connectivity index (χ2n) is 10.1. The number of nitrogens with zero attached hydrogens (tertiary/aromatic N) is 3. The summed E-state index contributed by atoms with van der Waals surface area (Å²) in [5, 5.41) is 59.5. The Bertz CT molecular complexity index is 1410. The van der Waals surface area contributed by atoms with E-state index >= 15 is 0 Å². The van der Waals surface area contributed by atoms with Gasteiger partial charge in [-0.15, -0.1) is 0 Å². The number of rotatable bonds is 18. The van der Waals surface area contributed by atoms with Crippen LogP contribution in [0.2, 0.25) is 0 Å². The number of aromatic amines is 3. The number of nitrogens with two attached hydrogens (primary N) is 3. The summed E-state index contributed by atoms with van der Waals surface area (Å²) in [5.41, 5.74) is 17.1. The van der Waals surface area contributed by atoms with E-state index in [1.54, 1.807) is 53.9 Å². The van der Waals surface area contributed by atoms with Gasteiger partial charge in [-0.1, -0.05) is 0 Å². The molecular weight excluding hydrogens is 907 g/mol. The number of carboxylic acid groups (broad SMARTS) is 6. The van der Waals surface area contributed by atoms with Crippen molar-refractivity contribution in [2.75, 3.05) is 36.0 Å². The normalized spacial score (nSPS) is 11.5. The Hall–Kier alpha value is -4.71. The smallest absolute Gasteiger partial charge is 0.548 e. The number of carboxylic acids is 6. The summed E-state index contributed by atoms with van der Waals surface area (Å²) >= 11 is 4.73. The molecule has 3 atom stereocenters. The Balaban J connectivity index is -0.000000301. The molecule has 318 valence electrons. The van der Waals surface area contributed by atoms with Crippen LogP contribution in [0.3, 0.4) is 0 Å². The van der Waals surface area contributed by atoms with Crippen molar-refractivity contribution in [2.24, 2.45) is 17.2 Å². The van der Waals surface area contributed by atoms with Crippen LogP contribution in [0.5, 0.6) is 0 Å². The fraction of sp³-hybridized carbons (Fsp3) is 0.364. The average molecular weight is 952 g/mol. The summed E-state index contributed by atoms with van der Waals surface area (Å²) in [7, 11) is 0. The molecule has 0 bridgehead atoms. The van der Waals surface area contributed by atoms with Gasteiger partial charge in [0, 0.05) is 36.7 Å². The average Bonchev–Trinajstić information content (AvgIpc) is 3.99. The van der Waals surface area contributed by atoms with Gasteiger partial charge in [0.25, 0.3) is 0 Å². The molecule has 0 saturated carbocycles. The number of H-pyrrole nitrogens is 3. The molecule has 3 aromatic heterocycles. The molecule has 0 saturated heterocycles. The van der Waals surface area contributed by atoms with Crippen molar-refractivity contribution in [2.45, 2.75) is 37.4 Å². The number of aromatic nitrogens is 6. The second-order valence-corrected chi connectivity index (χ2v) is 13.0. The molecule has 3 aromatic rings. The number of thioether (sulfide) groups is 3. The zero-order valence-electron chi connectivity index (χ0n) is 31.5. The van der Waals surface area contributed by atoms with Gasteiger partial charge in [0.15, 0.2) is 0 Å². The van der Waals surface area contributed by atoms with Gasteiger partial charge in [-0.25, -0.2) is 15.0 Å². The summed E-state index contributed by atoms with van der Waals surface area (Å²) in [6.45, 7) is 0. The van der Waals surface area contributed by atoms with Crippen LogP contribution in [0, 0.1) is 0 Å². The predicted octanol–water partition coefficient (Wildman–Crippen LogP) is -6.03. The van der Waals surface area contributed by atoms with E-state index in [9.17, 15) is 59.4 Å². The standard InChI is InChI=1S/3C6H6N2O2.3C5H11NO2S.Mo/c3*9-6(10)2-1-5-3-7-4-8-5;3*1-9-3-2-4(6)5(7)8;/h3*1-4H,(H,7,8)(H,9,10);3*4H,2-3,6H2,1H3,(H,7,8);/q;;;;;;+6/p-6/t;;;3*4-;/m...000./s1. The summed E-state index contributed by atoms with van der Waals surface area (Å²) < 4.78 is 0. The van der Waals surface area contributed by atoms with E-state index in [1.165, 1.54) is 37.2 Å². The molecule has 0 aliphatic heterocycles. The molecular formula is C33H45MoN9O12S3. The predicted molar refractivity (Wildman–Crippen MR) is 206 cm³/mol. The van der Waals surface area contributed by atoms with Crippen LogP contribution >= 0.6 is 35.3 Å². The maximum absolute atomic E-state index is 9.96. The first-order valence-corrected chi connectivity index (χ1v) is 20.1. The van der Waals surface area contributed by atoms with Crippen molar-refractivity contribution < 1.29 is 80.5 Å². The van der Waals surface area contributed by atoms with Crippen LogP contribution in [0.15, 0.2) is 55.8 Å². The summed E-state index contributed by atoms with van der Waals surface area (Å²) in [5.74, 6) is -4.83. The molecule has 21 nitrogen and oxygen atoms in total. The largest absolute Gasteiger partial charge is 6.00 e. The quantitative estimate of drug-likeness (QED) is 0.0510. The number of hydrogen-bond acceptors (Lipinski definition) is 21. The topological polar surface area (TPSA) is 405 Å². The van der Waals surface area contributed by atoms with E-state index in [2.05, 4.69) is 29.9 Å². The minimum atomic E-state index is -1.22.